The van der Waals surface area contributed by atoms with Gasteiger partial charge in [0.25, 0.3) is 0 Å². The second-order valence-electron chi connectivity index (χ2n) is 5.32. The first-order chi connectivity index (χ1) is 13.2. The number of esters is 1. The molecule has 9 heteroatoms. The molecule has 0 aromatic heterocycles. The summed E-state index contributed by atoms with van der Waals surface area (Å²) in [4.78, 5) is 30.4. The van der Waals surface area contributed by atoms with Crippen molar-refractivity contribution < 1.29 is 33.6 Å². The normalized spacial score (nSPS) is 10.4. The van der Waals surface area contributed by atoms with E-state index >= 15 is 0 Å². The molecule has 0 aromatic carbocycles. The average Bonchev–Trinajstić information content (AvgIpc) is 2.69. The predicted octanol–water partition coefficient (Wildman–Crippen LogP) is 1.06. The van der Waals surface area contributed by atoms with Crippen molar-refractivity contribution >= 4 is 11.9 Å². The van der Waals surface area contributed by atoms with E-state index in [-0.39, 0.29) is 13.2 Å². The number of ether oxygens (including phenoxy) is 3. The first-order valence-corrected chi connectivity index (χ1v) is 9.02. The summed E-state index contributed by atoms with van der Waals surface area (Å²) >= 11 is 0. The van der Waals surface area contributed by atoms with Crippen LogP contribution in [0.2, 0.25) is 0 Å². The largest absolute Gasteiger partial charge is 0.460 e. The minimum Gasteiger partial charge on any atom is -0.460 e. The standard InChI is InChI=1S/C18H32N2O7/c1-3-17(21)25-13-11-23-15-19-9-7-5-6-8-10-20-16-24-12-14-26-27-18(22)4-2/h3-4,19-20H,1-2,5-16H2. The monoisotopic (exact) mass is 388 g/mol. The third-order valence-electron chi connectivity index (χ3n) is 3.12. The van der Waals surface area contributed by atoms with Crippen LogP contribution in [0.5, 0.6) is 0 Å². The molecule has 0 saturated carbocycles. The number of rotatable bonds is 20. The Morgan fingerprint density at radius 1 is 0.741 bits per heavy atom. The van der Waals surface area contributed by atoms with Crippen molar-refractivity contribution in [3.05, 3.63) is 25.3 Å². The second-order valence-corrected chi connectivity index (χ2v) is 5.32. The van der Waals surface area contributed by atoms with Gasteiger partial charge in [-0.1, -0.05) is 26.0 Å². The van der Waals surface area contributed by atoms with Gasteiger partial charge in [0.05, 0.1) is 26.7 Å². The molecule has 2 N–H and O–H groups in total. The molecule has 0 amide bonds. The Morgan fingerprint density at radius 3 is 1.85 bits per heavy atom. The van der Waals surface area contributed by atoms with Crippen LogP contribution in [-0.4, -0.2) is 64.9 Å². The zero-order chi connectivity index (χ0) is 20.0. The number of hydrogen-bond acceptors (Lipinski definition) is 9. The molecule has 0 aromatic rings. The van der Waals surface area contributed by atoms with Crippen molar-refractivity contribution in [2.75, 3.05) is 53.0 Å². The minimum atomic E-state index is -0.623. The molecule has 0 aliphatic heterocycles. The topological polar surface area (TPSA) is 104 Å². The van der Waals surface area contributed by atoms with Crippen molar-refractivity contribution in [2.45, 2.75) is 25.7 Å². The van der Waals surface area contributed by atoms with Gasteiger partial charge in [0, 0.05) is 12.2 Å². The van der Waals surface area contributed by atoms with Crippen LogP contribution in [0.25, 0.3) is 0 Å². The maximum Gasteiger partial charge on any atom is 0.365 e. The Labute approximate surface area is 160 Å². The quantitative estimate of drug-likeness (QED) is 0.0791. The number of carbonyl (C=O) groups is 2. The van der Waals surface area contributed by atoms with Crippen LogP contribution in [0, 0.1) is 0 Å². The Bertz CT molecular complexity index is 369. The predicted molar refractivity (Wildman–Crippen MR) is 99.5 cm³/mol. The fourth-order valence-corrected chi connectivity index (χ4v) is 1.77. The van der Waals surface area contributed by atoms with Gasteiger partial charge in [-0.25, -0.2) is 9.59 Å². The van der Waals surface area contributed by atoms with Crippen LogP contribution in [0.1, 0.15) is 25.7 Å². The third-order valence-corrected chi connectivity index (χ3v) is 3.12. The fourth-order valence-electron chi connectivity index (χ4n) is 1.77. The van der Waals surface area contributed by atoms with Crippen LogP contribution in [0.3, 0.4) is 0 Å². The molecule has 0 fully saturated rings. The van der Waals surface area contributed by atoms with E-state index in [0.717, 1.165) is 50.9 Å². The van der Waals surface area contributed by atoms with E-state index in [1.807, 2.05) is 0 Å². The summed E-state index contributed by atoms with van der Waals surface area (Å²) < 4.78 is 15.3. The molecule has 0 aliphatic rings. The molecule has 0 atom stereocenters. The third kappa shape index (κ3) is 20.4. The van der Waals surface area contributed by atoms with E-state index in [9.17, 15) is 9.59 Å². The highest BCUT2D eigenvalue weighted by Crippen LogP contribution is 1.97. The first kappa shape index (κ1) is 25.2. The molecule has 0 bridgehead atoms. The number of unbranched alkanes of at least 4 members (excludes halogenated alkanes) is 3. The zero-order valence-corrected chi connectivity index (χ0v) is 15.9. The summed E-state index contributed by atoms with van der Waals surface area (Å²) in [6, 6.07) is 0. The summed E-state index contributed by atoms with van der Waals surface area (Å²) in [5, 5.41) is 6.33. The van der Waals surface area contributed by atoms with Crippen LogP contribution in [-0.2, 0) is 33.6 Å². The molecule has 0 rings (SSSR count). The SMILES string of the molecule is C=CC(=O)OCCOCNCCCCCCNCOCCOOC(=O)C=C. The van der Waals surface area contributed by atoms with Crippen LogP contribution < -0.4 is 10.6 Å². The van der Waals surface area contributed by atoms with Crippen LogP contribution in [0.4, 0.5) is 0 Å². The Kier molecular flexibility index (Phi) is 19.2. The summed E-state index contributed by atoms with van der Waals surface area (Å²) in [6.07, 6.45) is 6.57. The van der Waals surface area contributed by atoms with E-state index < -0.39 is 11.9 Å². The van der Waals surface area contributed by atoms with Gasteiger partial charge in [0.15, 0.2) is 0 Å². The van der Waals surface area contributed by atoms with Crippen molar-refractivity contribution in [1.82, 2.24) is 10.6 Å². The second kappa shape index (κ2) is 20.5. The Hall–Kier alpha value is -1.78. The highest BCUT2D eigenvalue weighted by Gasteiger charge is 1.97. The molecule has 156 valence electrons. The van der Waals surface area contributed by atoms with E-state index in [1.165, 1.54) is 0 Å². The van der Waals surface area contributed by atoms with Gasteiger partial charge in [-0.05, 0) is 25.9 Å². The molecule has 0 saturated heterocycles. The van der Waals surface area contributed by atoms with Gasteiger partial charge in [0.1, 0.15) is 13.2 Å². The Morgan fingerprint density at radius 2 is 1.30 bits per heavy atom. The minimum absolute atomic E-state index is 0.179. The van der Waals surface area contributed by atoms with Crippen molar-refractivity contribution in [3.8, 4) is 0 Å². The van der Waals surface area contributed by atoms with Gasteiger partial charge in [-0.2, -0.15) is 4.89 Å². The van der Waals surface area contributed by atoms with Gasteiger partial charge in [-0.3, -0.25) is 15.5 Å². The van der Waals surface area contributed by atoms with E-state index in [2.05, 4.69) is 33.6 Å². The molecule has 0 spiro atoms. The van der Waals surface area contributed by atoms with Crippen molar-refractivity contribution in [3.63, 3.8) is 0 Å². The zero-order valence-electron chi connectivity index (χ0n) is 15.9. The maximum atomic E-state index is 10.8. The van der Waals surface area contributed by atoms with Gasteiger partial charge < -0.3 is 14.2 Å². The fraction of sp³-hybridized carbons (Fsp3) is 0.667. The van der Waals surface area contributed by atoms with Gasteiger partial charge in [0.2, 0.25) is 0 Å². The lowest BCUT2D eigenvalue weighted by Gasteiger charge is -2.07. The number of carbonyl (C=O) groups excluding carboxylic acids is 2. The lowest BCUT2D eigenvalue weighted by molar-refractivity contribution is -0.271. The maximum absolute atomic E-state index is 10.8. The number of nitrogens with one attached hydrogen (secondary N) is 2. The molecule has 0 radical (unpaired) electrons. The summed E-state index contributed by atoms with van der Waals surface area (Å²) in [7, 11) is 0. The summed E-state index contributed by atoms with van der Waals surface area (Å²) in [6.45, 7) is 10.3. The van der Waals surface area contributed by atoms with Gasteiger partial charge in [-0.15, -0.1) is 0 Å². The molecule has 27 heavy (non-hydrogen) atoms. The van der Waals surface area contributed by atoms with E-state index in [1.54, 1.807) is 0 Å². The van der Waals surface area contributed by atoms with Crippen LogP contribution in [0.15, 0.2) is 25.3 Å². The molecule has 0 heterocycles. The molecule has 0 unspecified atom stereocenters. The summed E-state index contributed by atoms with van der Waals surface area (Å²) in [5.41, 5.74) is 0. The van der Waals surface area contributed by atoms with Crippen LogP contribution >= 0.6 is 0 Å². The van der Waals surface area contributed by atoms with E-state index in [0.29, 0.717) is 26.7 Å². The summed E-state index contributed by atoms with van der Waals surface area (Å²) in [5.74, 6) is -1.06. The lowest BCUT2D eigenvalue weighted by Crippen LogP contribution is -2.22. The molecule has 9 nitrogen and oxygen atoms in total. The first-order valence-electron chi connectivity index (χ1n) is 9.02. The van der Waals surface area contributed by atoms with Crippen molar-refractivity contribution in [1.29, 1.82) is 0 Å². The highest BCUT2D eigenvalue weighted by molar-refractivity contribution is 5.81. The molecule has 0 aliphatic carbocycles. The Balaban J connectivity index is 3.07. The highest BCUT2D eigenvalue weighted by atomic mass is 17.2. The smallest absolute Gasteiger partial charge is 0.365 e. The molecular formula is C18H32N2O7. The average molecular weight is 388 g/mol. The van der Waals surface area contributed by atoms with Crippen molar-refractivity contribution in [2.24, 2.45) is 0 Å². The van der Waals surface area contributed by atoms with E-state index in [4.69, 9.17) is 14.2 Å². The number of hydrogen-bond donors (Lipinski definition) is 2. The molecular weight excluding hydrogens is 356 g/mol. The lowest BCUT2D eigenvalue weighted by atomic mass is 10.2. The van der Waals surface area contributed by atoms with Gasteiger partial charge >= 0.3 is 11.9 Å².